The lowest BCUT2D eigenvalue weighted by atomic mass is 10.1. The standard InChI is InChI=1S/C12H17NO3/c1-15-11-5-2-8(10(13)7-14)6-12(11)16-9-3-4-9/h2,5-6,9-10,14H,3-4,7,13H2,1H3. The maximum Gasteiger partial charge on any atom is 0.161 e. The van der Waals surface area contributed by atoms with Gasteiger partial charge in [-0.05, 0) is 30.5 Å². The van der Waals surface area contributed by atoms with Gasteiger partial charge in [-0.1, -0.05) is 6.07 Å². The molecule has 1 unspecified atom stereocenters. The fraction of sp³-hybridized carbons (Fsp3) is 0.500. The van der Waals surface area contributed by atoms with Crippen molar-refractivity contribution in [3.05, 3.63) is 23.8 Å². The highest BCUT2D eigenvalue weighted by molar-refractivity contribution is 5.44. The van der Waals surface area contributed by atoms with Crippen LogP contribution in [-0.2, 0) is 0 Å². The van der Waals surface area contributed by atoms with Crippen LogP contribution in [0.25, 0.3) is 0 Å². The highest BCUT2D eigenvalue weighted by Gasteiger charge is 2.25. The fourth-order valence-electron chi connectivity index (χ4n) is 1.49. The van der Waals surface area contributed by atoms with Gasteiger partial charge in [0.25, 0.3) is 0 Å². The molecule has 0 heterocycles. The van der Waals surface area contributed by atoms with Gasteiger partial charge < -0.3 is 20.3 Å². The molecule has 1 aliphatic carbocycles. The molecule has 4 nitrogen and oxygen atoms in total. The van der Waals surface area contributed by atoms with Crippen molar-refractivity contribution < 1.29 is 14.6 Å². The maximum absolute atomic E-state index is 9.00. The lowest BCUT2D eigenvalue weighted by Gasteiger charge is -2.14. The van der Waals surface area contributed by atoms with Crippen molar-refractivity contribution in [2.75, 3.05) is 13.7 Å². The maximum atomic E-state index is 9.00. The van der Waals surface area contributed by atoms with E-state index in [1.54, 1.807) is 7.11 Å². The summed E-state index contributed by atoms with van der Waals surface area (Å²) in [4.78, 5) is 0. The van der Waals surface area contributed by atoms with Crippen molar-refractivity contribution in [1.82, 2.24) is 0 Å². The van der Waals surface area contributed by atoms with Crippen LogP contribution in [0.15, 0.2) is 18.2 Å². The summed E-state index contributed by atoms with van der Waals surface area (Å²) in [7, 11) is 1.61. The molecule has 1 fully saturated rings. The third kappa shape index (κ3) is 2.46. The third-order valence-corrected chi connectivity index (χ3v) is 2.63. The summed E-state index contributed by atoms with van der Waals surface area (Å²) in [6, 6.07) is 5.15. The Bertz CT molecular complexity index is 363. The second-order valence-corrected chi connectivity index (χ2v) is 4.02. The second-order valence-electron chi connectivity index (χ2n) is 4.02. The molecule has 0 bridgehead atoms. The summed E-state index contributed by atoms with van der Waals surface area (Å²) in [5.41, 5.74) is 6.61. The molecule has 1 saturated carbocycles. The van der Waals surface area contributed by atoms with E-state index in [4.69, 9.17) is 20.3 Å². The quantitative estimate of drug-likeness (QED) is 0.788. The third-order valence-electron chi connectivity index (χ3n) is 2.63. The largest absolute Gasteiger partial charge is 0.493 e. The zero-order chi connectivity index (χ0) is 11.5. The number of nitrogens with two attached hydrogens (primary N) is 1. The molecule has 0 aromatic heterocycles. The normalized spacial score (nSPS) is 16.9. The topological polar surface area (TPSA) is 64.7 Å². The van der Waals surface area contributed by atoms with Crippen LogP contribution < -0.4 is 15.2 Å². The molecule has 1 atom stereocenters. The van der Waals surface area contributed by atoms with Crippen molar-refractivity contribution in [2.45, 2.75) is 25.0 Å². The number of rotatable bonds is 5. The van der Waals surface area contributed by atoms with Gasteiger partial charge in [0.05, 0.1) is 25.9 Å². The molecule has 0 spiro atoms. The zero-order valence-electron chi connectivity index (χ0n) is 9.35. The number of ether oxygens (including phenoxy) is 2. The molecule has 4 heteroatoms. The molecule has 16 heavy (non-hydrogen) atoms. The van der Waals surface area contributed by atoms with E-state index in [-0.39, 0.29) is 12.6 Å². The number of aliphatic hydroxyl groups excluding tert-OH is 1. The average molecular weight is 223 g/mol. The van der Waals surface area contributed by atoms with Crippen molar-refractivity contribution >= 4 is 0 Å². The minimum atomic E-state index is -0.368. The van der Waals surface area contributed by atoms with Gasteiger partial charge in [0.2, 0.25) is 0 Å². The Morgan fingerprint density at radius 2 is 2.19 bits per heavy atom. The van der Waals surface area contributed by atoms with Crippen LogP contribution in [0.4, 0.5) is 0 Å². The highest BCUT2D eigenvalue weighted by atomic mass is 16.5. The Hall–Kier alpha value is -1.26. The lowest BCUT2D eigenvalue weighted by molar-refractivity contribution is 0.265. The molecule has 0 amide bonds. The summed E-state index contributed by atoms with van der Waals surface area (Å²) >= 11 is 0. The van der Waals surface area contributed by atoms with E-state index in [0.717, 1.165) is 18.4 Å². The van der Waals surface area contributed by atoms with Gasteiger partial charge in [-0.15, -0.1) is 0 Å². The highest BCUT2D eigenvalue weighted by Crippen LogP contribution is 2.35. The van der Waals surface area contributed by atoms with Gasteiger partial charge in [0.1, 0.15) is 0 Å². The zero-order valence-corrected chi connectivity index (χ0v) is 9.35. The molecule has 0 saturated heterocycles. The van der Waals surface area contributed by atoms with Crippen LogP contribution in [0, 0.1) is 0 Å². The molecule has 1 aromatic rings. The van der Waals surface area contributed by atoms with Crippen LogP contribution >= 0.6 is 0 Å². The first kappa shape index (κ1) is 11.2. The minimum absolute atomic E-state index is 0.0742. The molecule has 88 valence electrons. The smallest absolute Gasteiger partial charge is 0.161 e. The Morgan fingerprint density at radius 1 is 1.44 bits per heavy atom. The molecule has 2 rings (SSSR count). The first-order chi connectivity index (χ1) is 7.74. The number of benzene rings is 1. The monoisotopic (exact) mass is 223 g/mol. The van der Waals surface area contributed by atoms with E-state index in [0.29, 0.717) is 17.6 Å². The Morgan fingerprint density at radius 3 is 2.75 bits per heavy atom. The molecule has 0 aliphatic heterocycles. The van der Waals surface area contributed by atoms with E-state index < -0.39 is 0 Å². The van der Waals surface area contributed by atoms with Crippen molar-refractivity contribution in [1.29, 1.82) is 0 Å². The first-order valence-corrected chi connectivity index (χ1v) is 5.45. The molecule has 0 radical (unpaired) electrons. The Kier molecular flexibility index (Phi) is 3.31. The van der Waals surface area contributed by atoms with Crippen LogP contribution in [0.2, 0.25) is 0 Å². The molecular formula is C12H17NO3. The van der Waals surface area contributed by atoms with E-state index in [1.165, 1.54) is 0 Å². The number of methoxy groups -OCH3 is 1. The minimum Gasteiger partial charge on any atom is -0.493 e. The molecule has 1 aromatic carbocycles. The predicted octanol–water partition coefficient (Wildman–Crippen LogP) is 1.23. The summed E-state index contributed by atoms with van der Waals surface area (Å²) in [6.45, 7) is -0.0742. The Balaban J connectivity index is 2.22. The van der Waals surface area contributed by atoms with Gasteiger partial charge >= 0.3 is 0 Å². The van der Waals surface area contributed by atoms with Crippen LogP contribution in [-0.4, -0.2) is 24.9 Å². The fourth-order valence-corrected chi connectivity index (χ4v) is 1.49. The summed E-state index contributed by atoms with van der Waals surface area (Å²) in [6.07, 6.45) is 2.51. The van der Waals surface area contributed by atoms with Crippen molar-refractivity contribution in [3.8, 4) is 11.5 Å². The van der Waals surface area contributed by atoms with Gasteiger partial charge in [-0.3, -0.25) is 0 Å². The van der Waals surface area contributed by atoms with Crippen molar-refractivity contribution in [2.24, 2.45) is 5.73 Å². The number of hydrogen-bond acceptors (Lipinski definition) is 4. The Labute approximate surface area is 95.0 Å². The summed E-state index contributed by atoms with van der Waals surface area (Å²) < 4.78 is 10.9. The van der Waals surface area contributed by atoms with E-state index in [2.05, 4.69) is 0 Å². The van der Waals surface area contributed by atoms with Crippen LogP contribution in [0.1, 0.15) is 24.4 Å². The van der Waals surface area contributed by atoms with Crippen molar-refractivity contribution in [3.63, 3.8) is 0 Å². The average Bonchev–Trinajstić information content (AvgIpc) is 3.12. The number of aliphatic hydroxyl groups is 1. The predicted molar refractivity (Wildman–Crippen MR) is 60.7 cm³/mol. The summed E-state index contributed by atoms with van der Waals surface area (Å²) in [5, 5.41) is 9.00. The number of hydrogen-bond donors (Lipinski definition) is 2. The van der Waals surface area contributed by atoms with Gasteiger partial charge in [-0.25, -0.2) is 0 Å². The van der Waals surface area contributed by atoms with Crippen LogP contribution in [0.5, 0.6) is 11.5 Å². The summed E-state index contributed by atoms with van der Waals surface area (Å²) in [5.74, 6) is 1.42. The molecule has 1 aliphatic rings. The van der Waals surface area contributed by atoms with E-state index >= 15 is 0 Å². The van der Waals surface area contributed by atoms with Gasteiger partial charge in [-0.2, -0.15) is 0 Å². The first-order valence-electron chi connectivity index (χ1n) is 5.45. The SMILES string of the molecule is COc1ccc(C(N)CO)cc1OC1CC1. The lowest BCUT2D eigenvalue weighted by Crippen LogP contribution is -2.14. The van der Waals surface area contributed by atoms with Crippen LogP contribution in [0.3, 0.4) is 0 Å². The molecule has 3 N–H and O–H groups in total. The van der Waals surface area contributed by atoms with E-state index in [9.17, 15) is 0 Å². The van der Waals surface area contributed by atoms with E-state index in [1.807, 2.05) is 18.2 Å². The molecular weight excluding hydrogens is 206 g/mol. The van der Waals surface area contributed by atoms with Gasteiger partial charge in [0, 0.05) is 0 Å². The van der Waals surface area contributed by atoms with Gasteiger partial charge in [0.15, 0.2) is 11.5 Å². The second kappa shape index (κ2) is 4.72.